The molecule has 1 rings (SSSR count). The van der Waals surface area contributed by atoms with Crippen LogP contribution in [-0.2, 0) is 4.74 Å². The van der Waals surface area contributed by atoms with Gasteiger partial charge in [-0.25, -0.2) is 4.79 Å². The number of rotatable bonds is 3. The number of H-pyrrole nitrogens is 1. The van der Waals surface area contributed by atoms with E-state index < -0.39 is 0 Å². The summed E-state index contributed by atoms with van der Waals surface area (Å²) >= 11 is 3.15. The van der Waals surface area contributed by atoms with Crippen molar-refractivity contribution in [3.05, 3.63) is 29.1 Å². The van der Waals surface area contributed by atoms with E-state index in [2.05, 4.69) is 38.7 Å². The van der Waals surface area contributed by atoms with Crippen molar-refractivity contribution in [2.45, 2.75) is 27.2 Å². The molecule has 0 aliphatic rings. The van der Waals surface area contributed by atoms with Crippen LogP contribution in [0.4, 0.5) is 0 Å². The zero-order chi connectivity index (χ0) is 13.3. The largest absolute Gasteiger partial charge is 0.464 e. The Morgan fingerprint density at radius 3 is 2.59 bits per heavy atom. The number of methoxy groups -OCH3 is 1. The summed E-state index contributed by atoms with van der Waals surface area (Å²) in [6, 6.07) is 1.80. The van der Waals surface area contributed by atoms with Crippen LogP contribution >= 0.6 is 15.9 Å². The molecule has 0 aromatic carbocycles. The van der Waals surface area contributed by atoms with Gasteiger partial charge in [-0.15, -0.1) is 0 Å². The van der Waals surface area contributed by atoms with Crippen molar-refractivity contribution in [3.8, 4) is 0 Å². The predicted molar refractivity (Wildman–Crippen MR) is 75.7 cm³/mol. The van der Waals surface area contributed by atoms with E-state index in [1.807, 2.05) is 19.9 Å². The number of aromatic amines is 1. The fourth-order valence-corrected chi connectivity index (χ4v) is 1.21. The second-order valence-corrected chi connectivity index (χ2v) is 4.45. The first kappa shape index (κ1) is 16.0. The number of hydrogen-bond donors (Lipinski definition) is 1. The molecule has 0 amide bonds. The molecule has 1 heterocycles. The fraction of sp³-hybridized carbons (Fsp3) is 0.462. The van der Waals surface area contributed by atoms with Crippen LogP contribution in [-0.4, -0.2) is 23.4 Å². The number of carbonyl (C=O) groups excluding carboxylic acids is 1. The Morgan fingerprint density at radius 1 is 1.53 bits per heavy atom. The lowest BCUT2D eigenvalue weighted by Crippen LogP contribution is -2.00. The Kier molecular flexibility index (Phi) is 8.50. The van der Waals surface area contributed by atoms with Crippen molar-refractivity contribution < 1.29 is 9.53 Å². The minimum atomic E-state index is -0.329. The van der Waals surface area contributed by atoms with E-state index in [1.165, 1.54) is 7.11 Å². The number of alkyl halides is 1. The van der Waals surface area contributed by atoms with Crippen molar-refractivity contribution in [2.24, 2.45) is 0 Å². The number of nitrogens with one attached hydrogen (secondary N) is 1. The molecule has 1 aromatic heterocycles. The van der Waals surface area contributed by atoms with Crippen molar-refractivity contribution in [2.75, 3.05) is 12.4 Å². The maximum Gasteiger partial charge on any atom is 0.354 e. The standard InChI is InChI=1S/C11H15NO2.C2H5Br/c1-4-5-6-9-7-10(11(13)14-3)12-8(9)2;1-2-3/h5-7,12H,4H2,1-3H3;2H2,1H3/b6-5-;. The molecule has 4 heteroatoms. The maximum atomic E-state index is 11.2. The molecule has 1 N–H and O–H groups in total. The van der Waals surface area contributed by atoms with Crippen LogP contribution < -0.4 is 0 Å². The summed E-state index contributed by atoms with van der Waals surface area (Å²) in [7, 11) is 1.38. The zero-order valence-corrected chi connectivity index (χ0v) is 12.4. The summed E-state index contributed by atoms with van der Waals surface area (Å²) < 4.78 is 4.61. The number of aromatic nitrogens is 1. The molecule has 0 saturated carbocycles. The summed E-state index contributed by atoms with van der Waals surface area (Å²) in [4.78, 5) is 14.2. The number of esters is 1. The minimum Gasteiger partial charge on any atom is -0.464 e. The molecule has 3 nitrogen and oxygen atoms in total. The third-order valence-corrected chi connectivity index (χ3v) is 1.99. The second-order valence-electron chi connectivity index (χ2n) is 3.33. The summed E-state index contributed by atoms with van der Waals surface area (Å²) in [5, 5.41) is 1.06. The first-order valence-electron chi connectivity index (χ1n) is 5.61. The lowest BCUT2D eigenvalue weighted by atomic mass is 10.2. The average Bonchev–Trinajstić information content (AvgIpc) is 2.68. The van der Waals surface area contributed by atoms with Gasteiger partial charge in [-0.05, 0) is 25.0 Å². The molecule has 0 spiro atoms. The third kappa shape index (κ3) is 5.73. The number of allylic oxidation sites excluding steroid dienone is 1. The van der Waals surface area contributed by atoms with Crippen LogP contribution in [0.5, 0.6) is 0 Å². The van der Waals surface area contributed by atoms with E-state index in [0.29, 0.717) is 5.69 Å². The van der Waals surface area contributed by atoms with Gasteiger partial charge in [-0.2, -0.15) is 0 Å². The molecule has 0 fully saturated rings. The van der Waals surface area contributed by atoms with E-state index in [0.717, 1.165) is 23.0 Å². The maximum absolute atomic E-state index is 11.2. The fourth-order valence-electron chi connectivity index (χ4n) is 1.21. The van der Waals surface area contributed by atoms with Gasteiger partial charge in [0.1, 0.15) is 5.69 Å². The first-order chi connectivity index (χ1) is 8.10. The molecular formula is C13H20BrNO2. The molecule has 0 saturated heterocycles. The van der Waals surface area contributed by atoms with Crippen LogP contribution in [0.2, 0.25) is 0 Å². The molecule has 17 heavy (non-hydrogen) atoms. The number of hydrogen-bond acceptors (Lipinski definition) is 2. The lowest BCUT2D eigenvalue weighted by Gasteiger charge is -1.92. The van der Waals surface area contributed by atoms with Crippen LogP contribution in [0.15, 0.2) is 12.1 Å². The van der Waals surface area contributed by atoms with Crippen molar-refractivity contribution in [3.63, 3.8) is 0 Å². The van der Waals surface area contributed by atoms with E-state index in [-0.39, 0.29) is 5.97 Å². The highest BCUT2D eigenvalue weighted by Crippen LogP contribution is 2.12. The van der Waals surface area contributed by atoms with Gasteiger partial charge in [-0.1, -0.05) is 41.9 Å². The van der Waals surface area contributed by atoms with E-state index in [1.54, 1.807) is 6.07 Å². The molecule has 0 bridgehead atoms. The van der Waals surface area contributed by atoms with Crippen molar-refractivity contribution in [1.82, 2.24) is 4.98 Å². The predicted octanol–water partition coefficient (Wildman–Crippen LogP) is 3.93. The van der Waals surface area contributed by atoms with Gasteiger partial charge in [-0.3, -0.25) is 0 Å². The molecule has 0 unspecified atom stereocenters. The number of ether oxygens (including phenoxy) is 1. The highest BCUT2D eigenvalue weighted by atomic mass is 79.9. The van der Waals surface area contributed by atoms with Gasteiger partial charge in [0.05, 0.1) is 7.11 Å². The van der Waals surface area contributed by atoms with Gasteiger partial charge in [0.2, 0.25) is 0 Å². The van der Waals surface area contributed by atoms with Gasteiger partial charge in [0.15, 0.2) is 0 Å². The normalized spacial score (nSPS) is 9.94. The Balaban J connectivity index is 0.000000770. The number of aryl methyl sites for hydroxylation is 1. The average molecular weight is 302 g/mol. The SMILES string of the molecule is CC/C=C\c1cc(C(=O)OC)[nH]c1C.CCBr. The minimum absolute atomic E-state index is 0.329. The summed E-state index contributed by atoms with van der Waals surface area (Å²) in [5.74, 6) is -0.329. The summed E-state index contributed by atoms with van der Waals surface area (Å²) in [5.41, 5.74) is 2.52. The molecule has 96 valence electrons. The molecule has 0 radical (unpaired) electrons. The summed E-state index contributed by atoms with van der Waals surface area (Å²) in [6.45, 7) is 6.04. The lowest BCUT2D eigenvalue weighted by molar-refractivity contribution is 0.0594. The Labute approximate surface area is 111 Å². The molecule has 0 aliphatic carbocycles. The smallest absolute Gasteiger partial charge is 0.354 e. The third-order valence-electron chi connectivity index (χ3n) is 1.99. The first-order valence-corrected chi connectivity index (χ1v) is 6.73. The highest BCUT2D eigenvalue weighted by molar-refractivity contribution is 9.09. The Morgan fingerprint density at radius 2 is 2.12 bits per heavy atom. The highest BCUT2D eigenvalue weighted by Gasteiger charge is 2.09. The number of carbonyl (C=O) groups is 1. The van der Waals surface area contributed by atoms with E-state index in [9.17, 15) is 4.79 Å². The topological polar surface area (TPSA) is 42.1 Å². The van der Waals surface area contributed by atoms with Crippen molar-refractivity contribution in [1.29, 1.82) is 0 Å². The Hall–Kier alpha value is -1.03. The van der Waals surface area contributed by atoms with Gasteiger partial charge >= 0.3 is 5.97 Å². The van der Waals surface area contributed by atoms with Crippen LogP contribution in [0, 0.1) is 6.92 Å². The quantitative estimate of drug-likeness (QED) is 0.679. The van der Waals surface area contributed by atoms with E-state index in [4.69, 9.17) is 0 Å². The Bertz CT molecular complexity index is 369. The van der Waals surface area contributed by atoms with Gasteiger partial charge in [0, 0.05) is 11.0 Å². The molecule has 0 atom stereocenters. The molecular weight excluding hydrogens is 282 g/mol. The van der Waals surface area contributed by atoms with E-state index >= 15 is 0 Å². The van der Waals surface area contributed by atoms with Gasteiger partial charge in [0.25, 0.3) is 0 Å². The number of halogens is 1. The van der Waals surface area contributed by atoms with Gasteiger partial charge < -0.3 is 9.72 Å². The van der Waals surface area contributed by atoms with Crippen LogP contribution in [0.1, 0.15) is 42.0 Å². The molecule has 1 aromatic rings. The monoisotopic (exact) mass is 301 g/mol. The zero-order valence-electron chi connectivity index (χ0n) is 10.8. The van der Waals surface area contributed by atoms with Crippen LogP contribution in [0.25, 0.3) is 6.08 Å². The van der Waals surface area contributed by atoms with Crippen LogP contribution in [0.3, 0.4) is 0 Å². The van der Waals surface area contributed by atoms with Crippen molar-refractivity contribution >= 4 is 28.0 Å². The molecule has 0 aliphatic heterocycles. The second kappa shape index (κ2) is 9.05. The summed E-state index contributed by atoms with van der Waals surface area (Å²) in [6.07, 6.45) is 5.04.